The number of esters is 4. The molecule has 0 bridgehead atoms. The van der Waals surface area contributed by atoms with Crippen molar-refractivity contribution >= 4 is 39.5 Å². The molecule has 0 saturated heterocycles. The summed E-state index contributed by atoms with van der Waals surface area (Å²) in [5.41, 5.74) is 0. The smallest absolute Gasteiger partial charge is 0.462 e. The maximum atomic E-state index is 13.0. The maximum absolute atomic E-state index is 13.0. The van der Waals surface area contributed by atoms with Crippen LogP contribution < -0.4 is 0 Å². The molecule has 0 rings (SSSR count). The van der Waals surface area contributed by atoms with Gasteiger partial charge in [0.05, 0.1) is 26.4 Å². The quantitative estimate of drug-likeness (QED) is 0.0222. The minimum Gasteiger partial charge on any atom is -0.462 e. The first kappa shape index (κ1) is 87.1. The van der Waals surface area contributed by atoms with Gasteiger partial charge in [0.15, 0.2) is 12.2 Å². The minimum atomic E-state index is -4.95. The van der Waals surface area contributed by atoms with Crippen LogP contribution in [0.3, 0.4) is 0 Å². The summed E-state index contributed by atoms with van der Waals surface area (Å²) in [6, 6.07) is 0. The number of ether oxygens (including phenoxy) is 4. The number of aliphatic hydroxyl groups is 1. The van der Waals surface area contributed by atoms with Gasteiger partial charge in [0.25, 0.3) is 0 Å². The molecule has 0 aromatic heterocycles. The van der Waals surface area contributed by atoms with E-state index in [2.05, 4.69) is 27.7 Å². The molecule has 19 heteroatoms. The van der Waals surface area contributed by atoms with E-state index in [0.717, 1.165) is 89.9 Å². The molecule has 528 valence electrons. The number of hydrogen-bond acceptors (Lipinski definition) is 15. The summed E-state index contributed by atoms with van der Waals surface area (Å²) in [5, 5.41) is 10.6. The van der Waals surface area contributed by atoms with E-state index in [1.165, 1.54) is 199 Å². The Kier molecular flexibility index (Phi) is 63.3. The van der Waals surface area contributed by atoms with Gasteiger partial charge in [-0.2, -0.15) is 0 Å². The molecular weight excluding hydrogens is 1170 g/mol. The lowest BCUT2D eigenvalue weighted by Gasteiger charge is -2.21. The van der Waals surface area contributed by atoms with E-state index < -0.39 is 97.5 Å². The van der Waals surface area contributed by atoms with Crippen LogP contribution in [0.15, 0.2) is 0 Å². The molecule has 17 nitrogen and oxygen atoms in total. The summed E-state index contributed by atoms with van der Waals surface area (Å²) >= 11 is 0. The molecular formula is C70H136O17P2. The Bertz CT molecular complexity index is 1710. The second-order valence-electron chi connectivity index (χ2n) is 25.3. The summed E-state index contributed by atoms with van der Waals surface area (Å²) in [4.78, 5) is 72.4. The first-order valence-electron chi connectivity index (χ1n) is 36.8. The van der Waals surface area contributed by atoms with Crippen molar-refractivity contribution < 1.29 is 80.2 Å². The number of phosphoric acid groups is 2. The molecule has 0 fully saturated rings. The zero-order chi connectivity index (χ0) is 65.4. The second-order valence-corrected chi connectivity index (χ2v) is 28.2. The minimum absolute atomic E-state index is 0.107. The van der Waals surface area contributed by atoms with Crippen molar-refractivity contribution in [2.75, 3.05) is 39.6 Å². The summed E-state index contributed by atoms with van der Waals surface area (Å²) < 4.78 is 68.2. The van der Waals surface area contributed by atoms with Crippen LogP contribution in [0.2, 0.25) is 0 Å². The van der Waals surface area contributed by atoms with E-state index in [4.69, 9.17) is 37.0 Å². The number of carbonyl (C=O) groups is 4. The van der Waals surface area contributed by atoms with Crippen LogP contribution in [0.4, 0.5) is 0 Å². The Balaban J connectivity index is 5.19. The van der Waals surface area contributed by atoms with Crippen molar-refractivity contribution in [3.8, 4) is 0 Å². The van der Waals surface area contributed by atoms with Crippen LogP contribution in [0.25, 0.3) is 0 Å². The average Bonchev–Trinajstić information content (AvgIpc) is 3.65. The number of carbonyl (C=O) groups excluding carboxylic acids is 4. The van der Waals surface area contributed by atoms with Gasteiger partial charge in [0.1, 0.15) is 19.3 Å². The Morgan fingerprint density at radius 2 is 0.449 bits per heavy atom. The van der Waals surface area contributed by atoms with Gasteiger partial charge in [0, 0.05) is 25.7 Å². The molecule has 0 aliphatic carbocycles. The van der Waals surface area contributed by atoms with Crippen LogP contribution in [-0.2, 0) is 65.4 Å². The third-order valence-electron chi connectivity index (χ3n) is 16.4. The van der Waals surface area contributed by atoms with Crippen molar-refractivity contribution in [3.63, 3.8) is 0 Å². The first-order valence-corrected chi connectivity index (χ1v) is 39.8. The van der Waals surface area contributed by atoms with Gasteiger partial charge < -0.3 is 33.8 Å². The van der Waals surface area contributed by atoms with E-state index in [1.54, 1.807) is 0 Å². The summed E-state index contributed by atoms with van der Waals surface area (Å²) in [6.07, 6.45) is 52.6. The van der Waals surface area contributed by atoms with Crippen molar-refractivity contribution in [1.29, 1.82) is 0 Å². The van der Waals surface area contributed by atoms with Crippen molar-refractivity contribution in [2.45, 2.75) is 386 Å². The summed E-state index contributed by atoms with van der Waals surface area (Å²) in [7, 11) is -9.89. The molecule has 0 amide bonds. The highest BCUT2D eigenvalue weighted by Gasteiger charge is 2.30. The summed E-state index contributed by atoms with van der Waals surface area (Å²) in [5.74, 6) is -2.12. The lowest BCUT2D eigenvalue weighted by atomic mass is 10.0. The van der Waals surface area contributed by atoms with Gasteiger partial charge >= 0.3 is 39.5 Å². The number of phosphoric ester groups is 2. The number of hydrogen-bond donors (Lipinski definition) is 3. The summed E-state index contributed by atoms with van der Waals surface area (Å²) in [6.45, 7) is 4.93. The zero-order valence-electron chi connectivity index (χ0n) is 57.4. The monoisotopic (exact) mass is 1310 g/mol. The van der Waals surface area contributed by atoms with Crippen LogP contribution >= 0.6 is 15.6 Å². The van der Waals surface area contributed by atoms with E-state index in [0.29, 0.717) is 25.7 Å². The van der Waals surface area contributed by atoms with Gasteiger partial charge in [-0.25, -0.2) is 9.13 Å². The number of rotatable bonds is 71. The standard InChI is InChI=1S/C70H136O17P2/c1-5-9-13-17-21-25-28-29-30-31-32-33-34-37-41-45-49-53-57-70(75)87-66(61-81-68(73)55-51-47-43-39-35-26-22-18-14-10-6-2)63-85-89(78,79)83-59-64(71)58-82-88(76,77)84-62-65(60-80-67(72)54-50-46-42-38-24-20-16-12-8-4)86-69(74)56-52-48-44-40-36-27-23-19-15-11-7-3/h64-66,71H,5-63H2,1-4H3,(H,76,77)(H,78,79)/t64-,65+,66+/m0/s1. The van der Waals surface area contributed by atoms with Crippen molar-refractivity contribution in [2.24, 2.45) is 0 Å². The van der Waals surface area contributed by atoms with Crippen LogP contribution in [0.1, 0.15) is 368 Å². The predicted octanol–water partition coefficient (Wildman–Crippen LogP) is 20.3. The van der Waals surface area contributed by atoms with Crippen LogP contribution in [0, 0.1) is 0 Å². The molecule has 5 atom stereocenters. The fourth-order valence-electron chi connectivity index (χ4n) is 10.7. The molecule has 0 heterocycles. The SMILES string of the molecule is CCCCCCCCCCCCCCCCCCCCC(=O)O[C@H](COC(=O)CCCCCCCCCCCCC)COP(=O)(O)OC[C@@H](O)COP(=O)(O)OC[C@@H](COC(=O)CCCCCCCCCCC)OC(=O)CCCCCCCCCCCCC. The fourth-order valence-corrected chi connectivity index (χ4v) is 12.3. The Morgan fingerprint density at radius 1 is 0.270 bits per heavy atom. The molecule has 0 aliphatic heterocycles. The lowest BCUT2D eigenvalue weighted by Crippen LogP contribution is -2.30. The largest absolute Gasteiger partial charge is 0.472 e. The van der Waals surface area contributed by atoms with E-state index in [1.807, 2.05) is 0 Å². The van der Waals surface area contributed by atoms with Gasteiger partial charge in [-0.15, -0.1) is 0 Å². The third-order valence-corrected chi connectivity index (χ3v) is 18.3. The molecule has 0 saturated carbocycles. The molecule has 89 heavy (non-hydrogen) atoms. The molecule has 0 aliphatic rings. The van der Waals surface area contributed by atoms with Gasteiger partial charge in [-0.1, -0.05) is 317 Å². The van der Waals surface area contributed by atoms with Crippen molar-refractivity contribution in [1.82, 2.24) is 0 Å². The van der Waals surface area contributed by atoms with E-state index in [9.17, 15) is 43.2 Å². The molecule has 0 aromatic rings. The fraction of sp³-hybridized carbons (Fsp3) is 0.943. The second kappa shape index (κ2) is 64.8. The third kappa shape index (κ3) is 64.6. The average molecular weight is 1310 g/mol. The Morgan fingerprint density at radius 3 is 0.663 bits per heavy atom. The molecule has 0 aromatic carbocycles. The van der Waals surface area contributed by atoms with Crippen LogP contribution in [-0.4, -0.2) is 96.7 Å². The highest BCUT2D eigenvalue weighted by atomic mass is 31.2. The maximum Gasteiger partial charge on any atom is 0.472 e. The van der Waals surface area contributed by atoms with Crippen molar-refractivity contribution in [3.05, 3.63) is 0 Å². The van der Waals surface area contributed by atoms with Gasteiger partial charge in [-0.3, -0.25) is 37.3 Å². The van der Waals surface area contributed by atoms with Gasteiger partial charge in [-0.05, 0) is 25.7 Å². The zero-order valence-corrected chi connectivity index (χ0v) is 59.2. The number of unbranched alkanes of at least 4 members (excludes halogenated alkanes) is 45. The normalized spacial score (nSPS) is 14.0. The Labute approximate surface area is 543 Å². The highest BCUT2D eigenvalue weighted by molar-refractivity contribution is 7.47. The number of aliphatic hydroxyl groups excluding tert-OH is 1. The van der Waals surface area contributed by atoms with Crippen LogP contribution in [0.5, 0.6) is 0 Å². The Hall–Kier alpha value is -1.94. The lowest BCUT2D eigenvalue weighted by molar-refractivity contribution is -0.161. The molecule has 0 spiro atoms. The predicted molar refractivity (Wildman–Crippen MR) is 359 cm³/mol. The molecule has 2 unspecified atom stereocenters. The topological polar surface area (TPSA) is 237 Å². The van der Waals surface area contributed by atoms with E-state index in [-0.39, 0.29) is 25.7 Å². The molecule has 0 radical (unpaired) electrons. The van der Waals surface area contributed by atoms with E-state index >= 15 is 0 Å². The van der Waals surface area contributed by atoms with Gasteiger partial charge in [0.2, 0.25) is 0 Å². The highest BCUT2D eigenvalue weighted by Crippen LogP contribution is 2.45. The first-order chi connectivity index (χ1) is 43.2. The molecule has 3 N–H and O–H groups in total.